The molecule has 0 radical (unpaired) electrons. The maximum Gasteiger partial charge on any atom is 0.224 e. The Morgan fingerprint density at radius 3 is 2.96 bits per heavy atom. The SMILES string of the molecule is O=C(Cc1c[nH]c2ccccc12)NCc1nnnn1-c1cccc(Br)c1. The second-order valence-corrected chi connectivity index (χ2v) is 6.72. The number of hydrogen-bond donors (Lipinski definition) is 2. The maximum absolute atomic E-state index is 12.3. The Hall–Kier alpha value is -3.00. The molecule has 2 aromatic carbocycles. The lowest BCUT2D eigenvalue weighted by Gasteiger charge is -2.06. The molecule has 0 atom stereocenters. The first-order chi connectivity index (χ1) is 12.7. The summed E-state index contributed by atoms with van der Waals surface area (Å²) in [5.41, 5.74) is 2.81. The minimum Gasteiger partial charge on any atom is -0.361 e. The van der Waals surface area contributed by atoms with Crippen molar-refractivity contribution in [3.05, 3.63) is 70.6 Å². The highest BCUT2D eigenvalue weighted by molar-refractivity contribution is 9.10. The number of carbonyl (C=O) groups excluding carboxylic acids is 1. The average molecular weight is 411 g/mol. The van der Waals surface area contributed by atoms with Crippen molar-refractivity contribution in [1.29, 1.82) is 0 Å². The number of benzene rings is 2. The highest BCUT2D eigenvalue weighted by Gasteiger charge is 2.12. The monoisotopic (exact) mass is 410 g/mol. The van der Waals surface area contributed by atoms with Crippen molar-refractivity contribution in [2.24, 2.45) is 0 Å². The number of aromatic nitrogens is 5. The van der Waals surface area contributed by atoms with Crippen LogP contribution in [-0.4, -0.2) is 31.1 Å². The third-order valence-corrected chi connectivity index (χ3v) is 4.55. The lowest BCUT2D eigenvalue weighted by Crippen LogP contribution is -2.26. The van der Waals surface area contributed by atoms with E-state index in [9.17, 15) is 4.79 Å². The fourth-order valence-corrected chi connectivity index (χ4v) is 3.20. The van der Waals surface area contributed by atoms with Crippen molar-refractivity contribution in [1.82, 2.24) is 30.5 Å². The minimum atomic E-state index is -0.0847. The molecule has 0 spiro atoms. The van der Waals surface area contributed by atoms with Crippen molar-refractivity contribution in [2.45, 2.75) is 13.0 Å². The van der Waals surface area contributed by atoms with Crippen molar-refractivity contribution < 1.29 is 4.79 Å². The summed E-state index contributed by atoms with van der Waals surface area (Å²) >= 11 is 3.43. The van der Waals surface area contributed by atoms with Gasteiger partial charge in [-0.2, -0.15) is 4.68 Å². The Morgan fingerprint density at radius 1 is 1.19 bits per heavy atom. The van der Waals surface area contributed by atoms with E-state index < -0.39 is 0 Å². The number of carbonyl (C=O) groups is 1. The van der Waals surface area contributed by atoms with Crippen LogP contribution in [0.1, 0.15) is 11.4 Å². The number of amides is 1. The highest BCUT2D eigenvalue weighted by Crippen LogP contribution is 2.18. The predicted molar refractivity (Wildman–Crippen MR) is 101 cm³/mol. The van der Waals surface area contributed by atoms with Crippen LogP contribution in [0.3, 0.4) is 0 Å². The molecule has 4 rings (SSSR count). The molecule has 1 amide bonds. The van der Waals surface area contributed by atoms with Crippen molar-refractivity contribution >= 4 is 32.7 Å². The number of para-hydroxylation sites is 1. The number of fused-ring (bicyclic) bond motifs is 1. The molecule has 130 valence electrons. The van der Waals surface area contributed by atoms with E-state index in [1.807, 2.05) is 54.7 Å². The average Bonchev–Trinajstić information content (AvgIpc) is 3.27. The van der Waals surface area contributed by atoms with E-state index in [0.717, 1.165) is 26.6 Å². The molecule has 0 saturated carbocycles. The number of hydrogen-bond acceptors (Lipinski definition) is 4. The van der Waals surface area contributed by atoms with Crippen molar-refractivity contribution in [3.63, 3.8) is 0 Å². The van der Waals surface area contributed by atoms with E-state index in [2.05, 4.69) is 41.8 Å². The summed E-state index contributed by atoms with van der Waals surface area (Å²) in [6, 6.07) is 15.6. The van der Waals surface area contributed by atoms with Crippen LogP contribution in [0.5, 0.6) is 0 Å². The Bertz CT molecular complexity index is 1070. The van der Waals surface area contributed by atoms with E-state index in [1.54, 1.807) is 4.68 Å². The van der Waals surface area contributed by atoms with Crippen LogP contribution in [0.15, 0.2) is 59.2 Å². The first-order valence-electron chi connectivity index (χ1n) is 8.05. The molecule has 0 aliphatic heterocycles. The molecule has 0 bridgehead atoms. The van der Waals surface area contributed by atoms with Crippen LogP contribution < -0.4 is 5.32 Å². The zero-order chi connectivity index (χ0) is 17.9. The molecule has 8 heteroatoms. The Morgan fingerprint density at radius 2 is 2.08 bits per heavy atom. The van der Waals surface area contributed by atoms with E-state index in [1.165, 1.54) is 0 Å². The molecule has 26 heavy (non-hydrogen) atoms. The van der Waals surface area contributed by atoms with Gasteiger partial charge in [-0.05, 0) is 40.3 Å². The number of tetrazole rings is 1. The van der Waals surface area contributed by atoms with Gasteiger partial charge in [-0.3, -0.25) is 4.79 Å². The first-order valence-corrected chi connectivity index (χ1v) is 8.85. The van der Waals surface area contributed by atoms with E-state index in [-0.39, 0.29) is 12.5 Å². The molecular weight excluding hydrogens is 396 g/mol. The highest BCUT2D eigenvalue weighted by atomic mass is 79.9. The van der Waals surface area contributed by atoms with E-state index in [4.69, 9.17) is 0 Å². The van der Waals surface area contributed by atoms with Gasteiger partial charge in [-0.25, -0.2) is 0 Å². The molecule has 2 heterocycles. The topological polar surface area (TPSA) is 88.5 Å². The normalized spacial score (nSPS) is 11.0. The number of rotatable bonds is 5. The summed E-state index contributed by atoms with van der Waals surface area (Å²) in [5.74, 6) is 0.480. The van der Waals surface area contributed by atoms with Gasteiger partial charge in [-0.15, -0.1) is 5.10 Å². The van der Waals surface area contributed by atoms with E-state index >= 15 is 0 Å². The van der Waals surface area contributed by atoms with Crippen LogP contribution >= 0.6 is 15.9 Å². The summed E-state index contributed by atoms with van der Waals surface area (Å²) in [4.78, 5) is 15.5. The summed E-state index contributed by atoms with van der Waals surface area (Å²) in [5, 5.41) is 15.7. The van der Waals surface area contributed by atoms with Gasteiger partial charge in [0, 0.05) is 21.6 Å². The molecule has 7 nitrogen and oxygen atoms in total. The molecule has 0 aliphatic carbocycles. The first kappa shape index (κ1) is 16.5. The van der Waals surface area contributed by atoms with Gasteiger partial charge in [0.1, 0.15) is 0 Å². The van der Waals surface area contributed by atoms with Gasteiger partial charge in [-0.1, -0.05) is 40.2 Å². The number of nitrogens with zero attached hydrogens (tertiary/aromatic N) is 4. The molecule has 4 aromatic rings. The van der Waals surface area contributed by atoms with Gasteiger partial charge in [0.05, 0.1) is 18.7 Å². The fraction of sp³-hybridized carbons (Fsp3) is 0.111. The Balaban J connectivity index is 1.45. The standard InChI is InChI=1S/C18H15BrN6O/c19-13-4-3-5-14(9-13)25-17(22-23-24-25)11-21-18(26)8-12-10-20-16-7-2-1-6-15(12)16/h1-7,9-10,20H,8,11H2,(H,21,26). The second-order valence-electron chi connectivity index (χ2n) is 5.80. The van der Waals surface area contributed by atoms with Gasteiger partial charge < -0.3 is 10.3 Å². The summed E-state index contributed by atoms with van der Waals surface area (Å²) in [7, 11) is 0. The Kier molecular flexibility index (Phi) is 4.49. The second kappa shape index (κ2) is 7.09. The van der Waals surface area contributed by atoms with Crippen molar-refractivity contribution in [3.8, 4) is 5.69 Å². The lowest BCUT2D eigenvalue weighted by atomic mass is 10.1. The zero-order valence-electron chi connectivity index (χ0n) is 13.7. The summed E-state index contributed by atoms with van der Waals surface area (Å²) in [6.45, 7) is 0.251. The molecule has 0 fully saturated rings. The Labute approximate surface area is 157 Å². The summed E-state index contributed by atoms with van der Waals surface area (Å²) < 4.78 is 2.54. The molecular formula is C18H15BrN6O. The smallest absolute Gasteiger partial charge is 0.224 e. The third kappa shape index (κ3) is 3.36. The quantitative estimate of drug-likeness (QED) is 0.529. The number of H-pyrrole nitrogens is 1. The van der Waals surface area contributed by atoms with E-state index in [0.29, 0.717) is 12.2 Å². The van der Waals surface area contributed by atoms with Crippen LogP contribution in [0, 0.1) is 0 Å². The van der Waals surface area contributed by atoms with Gasteiger partial charge >= 0.3 is 0 Å². The molecule has 0 aliphatic rings. The molecule has 2 N–H and O–H groups in total. The third-order valence-electron chi connectivity index (χ3n) is 4.06. The predicted octanol–water partition coefficient (Wildman–Crippen LogP) is 2.77. The molecule has 0 saturated heterocycles. The van der Waals surface area contributed by atoms with Crippen LogP contribution in [0.25, 0.3) is 16.6 Å². The van der Waals surface area contributed by atoms with Gasteiger partial charge in [0.2, 0.25) is 5.91 Å². The van der Waals surface area contributed by atoms with Crippen LogP contribution in [0.2, 0.25) is 0 Å². The fourth-order valence-electron chi connectivity index (χ4n) is 2.82. The largest absolute Gasteiger partial charge is 0.361 e. The lowest BCUT2D eigenvalue weighted by molar-refractivity contribution is -0.120. The van der Waals surface area contributed by atoms with Crippen LogP contribution in [0.4, 0.5) is 0 Å². The van der Waals surface area contributed by atoms with Gasteiger partial charge in [0.15, 0.2) is 5.82 Å². The minimum absolute atomic E-state index is 0.0847. The molecule has 0 unspecified atom stereocenters. The molecule has 2 aromatic heterocycles. The van der Waals surface area contributed by atoms with Crippen LogP contribution in [-0.2, 0) is 17.8 Å². The number of halogens is 1. The summed E-state index contributed by atoms with van der Waals surface area (Å²) in [6.07, 6.45) is 2.16. The number of aromatic amines is 1. The van der Waals surface area contributed by atoms with Crippen molar-refractivity contribution in [2.75, 3.05) is 0 Å². The maximum atomic E-state index is 12.3. The number of nitrogens with one attached hydrogen (secondary N) is 2. The zero-order valence-corrected chi connectivity index (χ0v) is 15.3. The van der Waals surface area contributed by atoms with Gasteiger partial charge in [0.25, 0.3) is 0 Å².